The van der Waals surface area contributed by atoms with Crippen molar-refractivity contribution in [1.82, 2.24) is 10.6 Å². The minimum absolute atomic E-state index is 0.195. The number of hydrogen-bond acceptors (Lipinski definition) is 5. The number of aliphatic carboxylic acids is 1. The molecule has 180 valence electrons. The first-order chi connectivity index (χ1) is 16.3. The molecule has 0 aliphatic carbocycles. The summed E-state index contributed by atoms with van der Waals surface area (Å²) in [5.74, 6) is -2.98. The van der Waals surface area contributed by atoms with Crippen LogP contribution in [0.3, 0.4) is 0 Å². The van der Waals surface area contributed by atoms with E-state index < -0.39 is 41.8 Å². The lowest BCUT2D eigenvalue weighted by Gasteiger charge is -2.34. The van der Waals surface area contributed by atoms with E-state index in [9.17, 15) is 24.6 Å². The summed E-state index contributed by atoms with van der Waals surface area (Å²) in [6, 6.07) is 17.1. The third-order valence-electron chi connectivity index (χ3n) is 5.79. The van der Waals surface area contributed by atoms with Crippen LogP contribution in [0, 0.1) is 0 Å². The number of carbonyl (C=O) groups excluding carboxylic acids is 2. The molecule has 8 heteroatoms. The van der Waals surface area contributed by atoms with Gasteiger partial charge < -0.3 is 25.6 Å². The van der Waals surface area contributed by atoms with Crippen molar-refractivity contribution in [3.8, 4) is 11.1 Å². The van der Waals surface area contributed by atoms with Crippen LogP contribution in [0.1, 0.15) is 32.3 Å². The van der Waals surface area contributed by atoms with E-state index in [1.54, 1.807) is 0 Å². The van der Waals surface area contributed by atoms with Crippen molar-refractivity contribution in [3.63, 3.8) is 0 Å². The second-order valence-electron chi connectivity index (χ2n) is 8.31. The van der Waals surface area contributed by atoms with E-state index in [-0.39, 0.29) is 6.04 Å². The Balaban J connectivity index is 1.63. The fourth-order valence-corrected chi connectivity index (χ4v) is 3.92. The maximum Gasteiger partial charge on any atom is 0.370 e. The Hall–Kier alpha value is -3.65. The Morgan fingerprint density at radius 3 is 2.26 bits per heavy atom. The van der Waals surface area contributed by atoms with Crippen LogP contribution in [0.5, 0.6) is 0 Å². The predicted molar refractivity (Wildman–Crippen MR) is 127 cm³/mol. The molecule has 2 amide bonds. The number of rotatable bonds is 9. The Morgan fingerprint density at radius 1 is 1.03 bits per heavy atom. The topological polar surface area (TPSA) is 125 Å². The van der Waals surface area contributed by atoms with E-state index in [0.717, 1.165) is 29.2 Å². The highest BCUT2D eigenvalue weighted by atomic mass is 16.5. The second-order valence-corrected chi connectivity index (χ2v) is 8.31. The van der Waals surface area contributed by atoms with Crippen molar-refractivity contribution in [2.75, 3.05) is 0 Å². The Kier molecular flexibility index (Phi) is 8.43. The molecule has 2 aromatic rings. The lowest BCUT2D eigenvalue weighted by Crippen LogP contribution is -2.59. The molecule has 0 fully saturated rings. The Bertz CT molecular complexity index is 1040. The number of carboxylic acid groups (broad SMARTS) is 1. The monoisotopic (exact) mass is 466 g/mol. The van der Waals surface area contributed by atoms with Gasteiger partial charge in [0.15, 0.2) is 6.10 Å². The van der Waals surface area contributed by atoms with Crippen LogP contribution in [0.2, 0.25) is 0 Å². The van der Waals surface area contributed by atoms with Crippen LogP contribution < -0.4 is 10.6 Å². The van der Waals surface area contributed by atoms with Crippen LogP contribution >= 0.6 is 0 Å². The van der Waals surface area contributed by atoms with E-state index >= 15 is 0 Å². The first-order valence-electron chi connectivity index (χ1n) is 11.3. The molecule has 3 rings (SSSR count). The van der Waals surface area contributed by atoms with Gasteiger partial charge in [-0.3, -0.25) is 9.59 Å². The van der Waals surface area contributed by atoms with Gasteiger partial charge in [0.1, 0.15) is 12.1 Å². The maximum atomic E-state index is 13.0. The molecule has 0 bridgehead atoms. The van der Waals surface area contributed by atoms with E-state index in [2.05, 4.69) is 47.0 Å². The molecule has 34 heavy (non-hydrogen) atoms. The summed E-state index contributed by atoms with van der Waals surface area (Å²) in [5, 5.41) is 24.9. The molecule has 4 atom stereocenters. The highest BCUT2D eigenvalue weighted by Crippen LogP contribution is 2.21. The SMILES string of the molecule is CCC(CCc1ccc(-c2ccccc2)cc1)NC(=O)[C@@H]1OC(C(=O)O)=C[C@@H](O)[C@H]1NC(C)=O. The largest absolute Gasteiger partial charge is 0.475 e. The highest BCUT2D eigenvalue weighted by Gasteiger charge is 2.41. The number of aliphatic hydroxyl groups is 1. The Labute approximate surface area is 198 Å². The van der Waals surface area contributed by atoms with Gasteiger partial charge in [-0.25, -0.2) is 4.79 Å². The molecule has 1 aliphatic rings. The van der Waals surface area contributed by atoms with Crippen molar-refractivity contribution in [2.24, 2.45) is 0 Å². The zero-order valence-electron chi connectivity index (χ0n) is 19.2. The fourth-order valence-electron chi connectivity index (χ4n) is 3.92. The first kappa shape index (κ1) is 25.0. The standard InChI is InChI=1S/C26H30N2O6/c1-3-20(14-11-17-9-12-19(13-10-17)18-7-5-4-6-8-18)28-25(31)24-23(27-16(2)29)21(30)15-22(34-24)26(32)33/h4-10,12-13,15,20-21,23-24,30H,3,11,14H2,1-2H3,(H,27,29)(H,28,31)(H,32,33)/t20?,21-,23-,24-/m1/s1. The van der Waals surface area contributed by atoms with E-state index in [1.165, 1.54) is 6.92 Å². The lowest BCUT2D eigenvalue weighted by atomic mass is 9.98. The quantitative estimate of drug-likeness (QED) is 0.450. The van der Waals surface area contributed by atoms with Gasteiger partial charge in [0.2, 0.25) is 11.7 Å². The number of aryl methyl sites for hydroxylation is 1. The van der Waals surface area contributed by atoms with Crippen molar-refractivity contribution >= 4 is 17.8 Å². The fraction of sp³-hybridized carbons (Fsp3) is 0.346. The minimum Gasteiger partial charge on any atom is -0.475 e. The molecule has 0 radical (unpaired) electrons. The molecule has 0 aromatic heterocycles. The summed E-state index contributed by atoms with van der Waals surface area (Å²) >= 11 is 0. The molecule has 0 saturated carbocycles. The zero-order valence-corrected chi connectivity index (χ0v) is 19.2. The average molecular weight is 467 g/mol. The number of carbonyl (C=O) groups is 3. The molecular weight excluding hydrogens is 436 g/mol. The summed E-state index contributed by atoms with van der Waals surface area (Å²) in [6.07, 6.45) is 0.280. The molecule has 0 saturated heterocycles. The maximum absolute atomic E-state index is 13.0. The summed E-state index contributed by atoms with van der Waals surface area (Å²) in [6.45, 7) is 3.18. The molecule has 1 aliphatic heterocycles. The smallest absolute Gasteiger partial charge is 0.370 e. The van der Waals surface area contributed by atoms with Gasteiger partial charge in [0, 0.05) is 13.0 Å². The van der Waals surface area contributed by atoms with Gasteiger partial charge in [-0.05, 0) is 42.0 Å². The number of nitrogens with one attached hydrogen (secondary N) is 2. The molecule has 0 spiro atoms. The summed E-state index contributed by atoms with van der Waals surface area (Å²) in [5.41, 5.74) is 3.40. The van der Waals surface area contributed by atoms with Crippen molar-refractivity contribution in [2.45, 2.75) is 57.4 Å². The number of hydrogen-bond donors (Lipinski definition) is 4. The van der Waals surface area contributed by atoms with E-state index in [4.69, 9.17) is 4.74 Å². The first-order valence-corrected chi connectivity index (χ1v) is 11.3. The highest BCUT2D eigenvalue weighted by molar-refractivity contribution is 5.88. The molecule has 8 nitrogen and oxygen atoms in total. The Morgan fingerprint density at radius 2 is 1.68 bits per heavy atom. The molecule has 4 N–H and O–H groups in total. The zero-order chi connectivity index (χ0) is 24.7. The lowest BCUT2D eigenvalue weighted by molar-refractivity contribution is -0.145. The predicted octanol–water partition coefficient (Wildman–Crippen LogP) is 2.41. The number of benzene rings is 2. The number of aliphatic hydroxyl groups excluding tert-OH is 1. The molecular formula is C26H30N2O6. The van der Waals surface area contributed by atoms with E-state index in [0.29, 0.717) is 12.8 Å². The van der Waals surface area contributed by atoms with Crippen LogP contribution in [-0.2, 0) is 25.5 Å². The molecule has 2 aromatic carbocycles. The van der Waals surface area contributed by atoms with Crippen molar-refractivity contribution in [1.29, 1.82) is 0 Å². The number of amides is 2. The summed E-state index contributed by atoms with van der Waals surface area (Å²) < 4.78 is 5.33. The average Bonchev–Trinajstić information content (AvgIpc) is 2.83. The van der Waals surface area contributed by atoms with Crippen LogP contribution in [-0.4, -0.2) is 52.3 Å². The third-order valence-corrected chi connectivity index (χ3v) is 5.79. The minimum atomic E-state index is -1.40. The van der Waals surface area contributed by atoms with Gasteiger partial charge in [-0.2, -0.15) is 0 Å². The number of carboxylic acids is 1. The molecule has 1 unspecified atom stereocenters. The van der Waals surface area contributed by atoms with Crippen LogP contribution in [0.4, 0.5) is 0 Å². The van der Waals surface area contributed by atoms with Crippen molar-refractivity contribution < 1.29 is 29.3 Å². The summed E-state index contributed by atoms with van der Waals surface area (Å²) in [7, 11) is 0. The second kappa shape index (κ2) is 11.5. The normalized spacial score (nSPS) is 20.4. The summed E-state index contributed by atoms with van der Waals surface area (Å²) in [4.78, 5) is 35.8. The van der Waals surface area contributed by atoms with Crippen LogP contribution in [0.25, 0.3) is 11.1 Å². The van der Waals surface area contributed by atoms with Gasteiger partial charge in [0.25, 0.3) is 5.91 Å². The van der Waals surface area contributed by atoms with Gasteiger partial charge in [-0.1, -0.05) is 61.5 Å². The number of ether oxygens (including phenoxy) is 1. The van der Waals surface area contributed by atoms with Gasteiger partial charge >= 0.3 is 5.97 Å². The third kappa shape index (κ3) is 6.45. The molecule has 1 heterocycles. The van der Waals surface area contributed by atoms with Crippen molar-refractivity contribution in [3.05, 3.63) is 72.0 Å². The van der Waals surface area contributed by atoms with Crippen LogP contribution in [0.15, 0.2) is 66.4 Å². The van der Waals surface area contributed by atoms with Gasteiger partial charge in [0.05, 0.1) is 0 Å². The van der Waals surface area contributed by atoms with Gasteiger partial charge in [-0.15, -0.1) is 0 Å². The van der Waals surface area contributed by atoms with E-state index in [1.807, 2.05) is 25.1 Å².